The molecule has 20 heavy (non-hydrogen) atoms. The highest BCUT2D eigenvalue weighted by Crippen LogP contribution is 2.11. The largest absolute Gasteiger partial charge is 0.387 e. The Balaban J connectivity index is 1.97. The average molecular weight is 295 g/mol. The van der Waals surface area contributed by atoms with Gasteiger partial charge in [0.1, 0.15) is 4.99 Å². The van der Waals surface area contributed by atoms with Crippen LogP contribution < -0.4 is 5.73 Å². The molecule has 0 aliphatic rings. The van der Waals surface area contributed by atoms with Crippen molar-refractivity contribution in [3.8, 4) is 0 Å². The van der Waals surface area contributed by atoms with Crippen molar-refractivity contribution in [1.29, 1.82) is 0 Å². The molecular formula is C16H29N3S. The second-order valence-corrected chi connectivity index (χ2v) is 5.93. The van der Waals surface area contributed by atoms with Crippen LogP contribution in [0.3, 0.4) is 0 Å². The number of nitrogens with zero attached hydrogens (tertiary/aromatic N) is 2. The van der Waals surface area contributed by atoms with E-state index >= 15 is 0 Å². The van der Waals surface area contributed by atoms with Crippen LogP contribution >= 0.6 is 12.2 Å². The van der Waals surface area contributed by atoms with E-state index in [0.717, 1.165) is 12.4 Å². The molecule has 0 aromatic carbocycles. The standard InChI is InChI=1S/C16H29N3S/c1-2-3-4-5-6-7-8-9-10-11-13-19-14-12-18-16(19)15(17)20/h12,14H,2-11,13H2,1H3,(H2,17,20). The van der Waals surface area contributed by atoms with Crippen molar-refractivity contribution >= 4 is 17.2 Å². The van der Waals surface area contributed by atoms with Gasteiger partial charge in [-0.05, 0) is 6.42 Å². The Kier molecular flexibility index (Phi) is 9.29. The summed E-state index contributed by atoms with van der Waals surface area (Å²) in [5.74, 6) is 0.746. The number of rotatable bonds is 12. The smallest absolute Gasteiger partial charge is 0.167 e. The predicted molar refractivity (Wildman–Crippen MR) is 90.0 cm³/mol. The summed E-state index contributed by atoms with van der Waals surface area (Å²) in [6.45, 7) is 3.24. The third kappa shape index (κ3) is 7.04. The number of aromatic nitrogens is 2. The minimum absolute atomic E-state index is 0.391. The second kappa shape index (κ2) is 10.8. The van der Waals surface area contributed by atoms with Crippen LogP contribution in [0.5, 0.6) is 0 Å². The zero-order chi connectivity index (χ0) is 14.6. The highest BCUT2D eigenvalue weighted by atomic mass is 32.1. The molecule has 0 spiro atoms. The normalized spacial score (nSPS) is 10.8. The number of thiocarbonyl (C=S) groups is 1. The van der Waals surface area contributed by atoms with Crippen molar-refractivity contribution in [1.82, 2.24) is 9.55 Å². The van der Waals surface area contributed by atoms with Gasteiger partial charge in [-0.2, -0.15) is 0 Å². The van der Waals surface area contributed by atoms with Crippen LogP contribution in [-0.4, -0.2) is 14.5 Å². The Bertz CT molecular complexity index is 374. The van der Waals surface area contributed by atoms with Gasteiger partial charge >= 0.3 is 0 Å². The SMILES string of the molecule is CCCCCCCCCCCCn1ccnc1C(N)=S. The van der Waals surface area contributed by atoms with Gasteiger partial charge in [0.25, 0.3) is 0 Å². The molecule has 0 saturated heterocycles. The Labute approximate surface area is 129 Å². The van der Waals surface area contributed by atoms with Crippen LogP contribution in [0.15, 0.2) is 12.4 Å². The Morgan fingerprint density at radius 1 is 1.05 bits per heavy atom. The lowest BCUT2D eigenvalue weighted by Crippen LogP contribution is -2.16. The first-order chi connectivity index (χ1) is 9.75. The lowest BCUT2D eigenvalue weighted by molar-refractivity contribution is 0.534. The Morgan fingerprint density at radius 2 is 1.60 bits per heavy atom. The summed E-state index contributed by atoms with van der Waals surface area (Å²) in [4.78, 5) is 4.57. The number of hydrogen-bond donors (Lipinski definition) is 1. The summed E-state index contributed by atoms with van der Waals surface area (Å²) in [6, 6.07) is 0. The van der Waals surface area contributed by atoms with Gasteiger partial charge < -0.3 is 10.3 Å². The van der Waals surface area contributed by atoms with Crippen LogP contribution in [-0.2, 0) is 6.54 Å². The molecule has 4 heteroatoms. The number of imidazole rings is 1. The fourth-order valence-corrected chi connectivity index (χ4v) is 2.65. The van der Waals surface area contributed by atoms with E-state index in [1.54, 1.807) is 6.20 Å². The molecule has 0 atom stereocenters. The van der Waals surface area contributed by atoms with Crippen molar-refractivity contribution in [2.24, 2.45) is 5.73 Å². The summed E-state index contributed by atoms with van der Waals surface area (Å²) in [7, 11) is 0. The van der Waals surface area contributed by atoms with Gasteiger partial charge in [0, 0.05) is 18.9 Å². The Hall–Kier alpha value is -0.900. The lowest BCUT2D eigenvalue weighted by atomic mass is 10.1. The first-order valence-electron chi connectivity index (χ1n) is 8.06. The Morgan fingerprint density at radius 3 is 2.15 bits per heavy atom. The molecular weight excluding hydrogens is 266 g/mol. The van der Waals surface area contributed by atoms with Crippen molar-refractivity contribution in [3.63, 3.8) is 0 Å². The van der Waals surface area contributed by atoms with Gasteiger partial charge in [-0.25, -0.2) is 4.98 Å². The molecule has 0 saturated carbocycles. The van der Waals surface area contributed by atoms with Gasteiger partial charge in [0.15, 0.2) is 5.82 Å². The zero-order valence-electron chi connectivity index (χ0n) is 12.8. The van der Waals surface area contributed by atoms with Gasteiger partial charge in [-0.3, -0.25) is 0 Å². The summed E-state index contributed by atoms with van der Waals surface area (Å²) in [5, 5.41) is 0. The molecule has 1 aromatic heterocycles. The molecule has 1 rings (SSSR count). The highest BCUT2D eigenvalue weighted by molar-refractivity contribution is 7.80. The van der Waals surface area contributed by atoms with E-state index in [4.69, 9.17) is 18.0 Å². The molecule has 0 radical (unpaired) electrons. The summed E-state index contributed by atoms with van der Waals surface area (Å²) in [5.41, 5.74) is 5.63. The topological polar surface area (TPSA) is 43.8 Å². The maximum absolute atomic E-state index is 5.63. The molecule has 2 N–H and O–H groups in total. The fourth-order valence-electron chi connectivity index (χ4n) is 2.48. The van der Waals surface area contributed by atoms with Crippen LogP contribution in [0.25, 0.3) is 0 Å². The summed E-state index contributed by atoms with van der Waals surface area (Å²) < 4.78 is 2.06. The molecule has 0 amide bonds. The van der Waals surface area contributed by atoms with Crippen molar-refractivity contribution in [3.05, 3.63) is 18.2 Å². The molecule has 1 heterocycles. The summed E-state index contributed by atoms with van der Waals surface area (Å²) >= 11 is 4.98. The monoisotopic (exact) mass is 295 g/mol. The first kappa shape index (κ1) is 17.2. The quantitative estimate of drug-likeness (QED) is 0.458. The van der Waals surface area contributed by atoms with E-state index in [-0.39, 0.29) is 0 Å². The van der Waals surface area contributed by atoms with Crippen LogP contribution in [0.4, 0.5) is 0 Å². The van der Waals surface area contributed by atoms with E-state index in [9.17, 15) is 0 Å². The van der Waals surface area contributed by atoms with Gasteiger partial charge in [0.2, 0.25) is 0 Å². The molecule has 114 valence electrons. The van der Waals surface area contributed by atoms with Crippen molar-refractivity contribution < 1.29 is 0 Å². The van der Waals surface area contributed by atoms with Crippen LogP contribution in [0.2, 0.25) is 0 Å². The minimum atomic E-state index is 0.391. The lowest BCUT2D eigenvalue weighted by Gasteiger charge is -2.06. The van der Waals surface area contributed by atoms with E-state index in [0.29, 0.717) is 4.99 Å². The van der Waals surface area contributed by atoms with E-state index in [1.165, 1.54) is 64.2 Å². The van der Waals surface area contributed by atoms with Gasteiger partial charge in [-0.15, -0.1) is 0 Å². The summed E-state index contributed by atoms with van der Waals surface area (Å²) in [6.07, 6.45) is 17.3. The molecule has 0 aliphatic heterocycles. The third-order valence-electron chi connectivity index (χ3n) is 3.69. The first-order valence-corrected chi connectivity index (χ1v) is 8.47. The van der Waals surface area contributed by atoms with Crippen LogP contribution in [0.1, 0.15) is 77.0 Å². The maximum atomic E-state index is 5.63. The van der Waals surface area contributed by atoms with E-state index in [1.807, 2.05) is 6.20 Å². The molecule has 0 bridgehead atoms. The van der Waals surface area contributed by atoms with E-state index in [2.05, 4.69) is 16.5 Å². The number of aryl methyl sites for hydroxylation is 1. The fraction of sp³-hybridized carbons (Fsp3) is 0.750. The molecule has 0 unspecified atom stereocenters. The minimum Gasteiger partial charge on any atom is -0.387 e. The third-order valence-corrected chi connectivity index (χ3v) is 3.87. The van der Waals surface area contributed by atoms with Crippen LogP contribution in [0, 0.1) is 0 Å². The number of nitrogens with two attached hydrogens (primary N) is 1. The molecule has 0 fully saturated rings. The molecule has 3 nitrogen and oxygen atoms in total. The predicted octanol–water partition coefficient (Wildman–Crippen LogP) is 4.44. The van der Waals surface area contributed by atoms with Crippen molar-refractivity contribution in [2.75, 3.05) is 0 Å². The molecule has 0 aliphatic carbocycles. The van der Waals surface area contributed by atoms with E-state index < -0.39 is 0 Å². The zero-order valence-corrected chi connectivity index (χ0v) is 13.6. The van der Waals surface area contributed by atoms with Crippen molar-refractivity contribution in [2.45, 2.75) is 77.7 Å². The van der Waals surface area contributed by atoms with Gasteiger partial charge in [-0.1, -0.05) is 76.9 Å². The van der Waals surface area contributed by atoms with Gasteiger partial charge in [0.05, 0.1) is 0 Å². The number of hydrogen-bond acceptors (Lipinski definition) is 2. The second-order valence-electron chi connectivity index (χ2n) is 5.49. The average Bonchev–Trinajstić information content (AvgIpc) is 2.89. The highest BCUT2D eigenvalue weighted by Gasteiger charge is 2.04. The maximum Gasteiger partial charge on any atom is 0.167 e. The number of unbranched alkanes of at least 4 members (excludes halogenated alkanes) is 9. The molecule has 1 aromatic rings.